The lowest BCUT2D eigenvalue weighted by atomic mass is 10.2. The maximum atomic E-state index is 11.4. The van der Waals surface area contributed by atoms with Gasteiger partial charge in [-0.25, -0.2) is 4.68 Å². The van der Waals surface area contributed by atoms with Gasteiger partial charge in [-0.3, -0.25) is 4.79 Å². The van der Waals surface area contributed by atoms with Gasteiger partial charge in [0.25, 0.3) is 0 Å². The molecule has 1 aliphatic rings. The molecule has 0 aliphatic carbocycles. The first-order valence-corrected chi connectivity index (χ1v) is 4.69. The Morgan fingerprint density at radius 1 is 1.71 bits per heavy atom. The molecule has 2 heterocycles. The molecule has 0 spiro atoms. The lowest BCUT2D eigenvalue weighted by molar-refractivity contribution is -0.122. The highest BCUT2D eigenvalue weighted by Gasteiger charge is 2.16. The zero-order chi connectivity index (χ0) is 9.80. The van der Waals surface area contributed by atoms with Gasteiger partial charge in [-0.2, -0.15) is 0 Å². The van der Waals surface area contributed by atoms with E-state index in [4.69, 9.17) is 0 Å². The van der Waals surface area contributed by atoms with E-state index >= 15 is 0 Å². The third-order valence-corrected chi connectivity index (χ3v) is 2.20. The third kappa shape index (κ3) is 2.29. The Labute approximate surface area is 81.7 Å². The van der Waals surface area contributed by atoms with Crippen molar-refractivity contribution in [2.24, 2.45) is 0 Å². The van der Waals surface area contributed by atoms with Gasteiger partial charge < -0.3 is 10.6 Å². The number of rotatable bonds is 3. The normalized spacial score (nSPS) is 21.0. The van der Waals surface area contributed by atoms with E-state index in [-0.39, 0.29) is 18.5 Å². The van der Waals surface area contributed by atoms with Crippen LogP contribution in [-0.4, -0.2) is 40.0 Å². The van der Waals surface area contributed by atoms with Gasteiger partial charge in [-0.15, -0.1) is 5.10 Å². The molecule has 6 nitrogen and oxygen atoms in total. The molecule has 1 aliphatic heterocycles. The van der Waals surface area contributed by atoms with Crippen LogP contribution in [-0.2, 0) is 11.3 Å². The fraction of sp³-hybridized carbons (Fsp3) is 0.625. The average molecular weight is 195 g/mol. The Morgan fingerprint density at radius 2 is 2.64 bits per heavy atom. The highest BCUT2D eigenvalue weighted by atomic mass is 16.2. The third-order valence-electron chi connectivity index (χ3n) is 2.20. The van der Waals surface area contributed by atoms with E-state index in [1.165, 1.54) is 4.68 Å². The van der Waals surface area contributed by atoms with Gasteiger partial charge in [-0.05, 0) is 13.0 Å². The molecule has 0 bridgehead atoms. The van der Waals surface area contributed by atoms with Crippen LogP contribution < -0.4 is 10.6 Å². The molecule has 1 saturated heterocycles. The minimum atomic E-state index is -0.01000. The summed E-state index contributed by atoms with van der Waals surface area (Å²) in [5.74, 6) is -0.01000. The molecule has 76 valence electrons. The van der Waals surface area contributed by atoms with Crippen LogP contribution in [0.25, 0.3) is 0 Å². The van der Waals surface area contributed by atoms with Gasteiger partial charge in [0.1, 0.15) is 6.54 Å². The monoisotopic (exact) mass is 195 g/mol. The second kappa shape index (κ2) is 4.19. The van der Waals surface area contributed by atoms with E-state index in [9.17, 15) is 4.79 Å². The molecule has 1 atom stereocenters. The molecule has 1 aromatic heterocycles. The van der Waals surface area contributed by atoms with Crippen LogP contribution in [0.5, 0.6) is 0 Å². The van der Waals surface area contributed by atoms with Crippen molar-refractivity contribution in [2.75, 3.05) is 13.1 Å². The van der Waals surface area contributed by atoms with Gasteiger partial charge in [-0.1, -0.05) is 5.21 Å². The summed E-state index contributed by atoms with van der Waals surface area (Å²) in [6.45, 7) is 2.09. The van der Waals surface area contributed by atoms with Gasteiger partial charge in [0.15, 0.2) is 0 Å². The SMILES string of the molecule is O=C(Cn1ccnn1)N[C@H]1CCNC1. The standard InChI is InChI=1S/C8H13N5O/c14-8(6-13-4-3-10-12-13)11-7-1-2-9-5-7/h3-4,7,9H,1-2,5-6H2,(H,11,14)/t7-/m0/s1. The lowest BCUT2D eigenvalue weighted by Gasteiger charge is -2.10. The second-order valence-corrected chi connectivity index (χ2v) is 3.36. The number of hydrogen-bond donors (Lipinski definition) is 2. The Morgan fingerprint density at radius 3 is 3.29 bits per heavy atom. The fourth-order valence-electron chi connectivity index (χ4n) is 1.52. The number of amides is 1. The molecule has 14 heavy (non-hydrogen) atoms. The Balaban J connectivity index is 1.78. The van der Waals surface area contributed by atoms with Crippen LogP contribution in [0.1, 0.15) is 6.42 Å². The predicted octanol–water partition coefficient (Wildman–Crippen LogP) is -1.24. The second-order valence-electron chi connectivity index (χ2n) is 3.36. The van der Waals surface area contributed by atoms with Gasteiger partial charge in [0.2, 0.25) is 5.91 Å². The summed E-state index contributed by atoms with van der Waals surface area (Å²) >= 11 is 0. The summed E-state index contributed by atoms with van der Waals surface area (Å²) in [5.41, 5.74) is 0. The molecule has 0 unspecified atom stereocenters. The summed E-state index contributed by atoms with van der Waals surface area (Å²) in [6, 6.07) is 0.269. The van der Waals surface area contributed by atoms with Crippen LogP contribution in [0.3, 0.4) is 0 Å². The zero-order valence-electron chi connectivity index (χ0n) is 7.81. The van der Waals surface area contributed by atoms with Crippen molar-refractivity contribution in [3.63, 3.8) is 0 Å². The van der Waals surface area contributed by atoms with Crippen LogP contribution in [0.15, 0.2) is 12.4 Å². The van der Waals surface area contributed by atoms with Crippen molar-refractivity contribution in [1.82, 2.24) is 25.6 Å². The summed E-state index contributed by atoms with van der Waals surface area (Å²) in [6.07, 6.45) is 4.24. The molecular weight excluding hydrogens is 182 g/mol. The number of carbonyl (C=O) groups is 1. The van der Waals surface area contributed by atoms with Crippen molar-refractivity contribution in [3.8, 4) is 0 Å². The number of hydrogen-bond acceptors (Lipinski definition) is 4. The van der Waals surface area contributed by atoms with Gasteiger partial charge in [0, 0.05) is 18.8 Å². The first-order valence-electron chi connectivity index (χ1n) is 4.69. The predicted molar refractivity (Wildman–Crippen MR) is 49.4 cm³/mol. The summed E-state index contributed by atoms with van der Waals surface area (Å²) in [4.78, 5) is 11.4. The van der Waals surface area contributed by atoms with Crippen molar-refractivity contribution >= 4 is 5.91 Å². The summed E-state index contributed by atoms with van der Waals surface area (Å²) in [7, 11) is 0. The molecule has 1 amide bonds. The Kier molecular flexibility index (Phi) is 2.73. The zero-order valence-corrected chi connectivity index (χ0v) is 7.81. The van der Waals surface area contributed by atoms with Crippen LogP contribution in [0.4, 0.5) is 0 Å². The first kappa shape index (κ1) is 9.14. The average Bonchev–Trinajstić information content (AvgIpc) is 2.76. The smallest absolute Gasteiger partial charge is 0.242 e. The van der Waals surface area contributed by atoms with Crippen molar-refractivity contribution in [3.05, 3.63) is 12.4 Å². The topological polar surface area (TPSA) is 71.8 Å². The minimum Gasteiger partial charge on any atom is -0.350 e. The highest BCUT2D eigenvalue weighted by Crippen LogP contribution is 1.96. The Bertz CT molecular complexity index is 291. The quantitative estimate of drug-likeness (QED) is 0.632. The molecule has 2 N–H and O–H groups in total. The summed E-state index contributed by atoms with van der Waals surface area (Å²) in [5, 5.41) is 13.5. The van der Waals surface area contributed by atoms with Gasteiger partial charge in [0.05, 0.1) is 6.20 Å². The molecule has 0 aromatic carbocycles. The largest absolute Gasteiger partial charge is 0.350 e. The molecule has 1 fully saturated rings. The van der Waals surface area contributed by atoms with Crippen LogP contribution >= 0.6 is 0 Å². The van der Waals surface area contributed by atoms with E-state index in [0.29, 0.717) is 0 Å². The molecule has 1 aromatic rings. The van der Waals surface area contributed by atoms with Crippen LogP contribution in [0.2, 0.25) is 0 Å². The van der Waals surface area contributed by atoms with Crippen molar-refractivity contribution in [1.29, 1.82) is 0 Å². The minimum absolute atomic E-state index is 0.01000. The molecule has 0 saturated carbocycles. The highest BCUT2D eigenvalue weighted by molar-refractivity contribution is 5.75. The van der Waals surface area contributed by atoms with Crippen molar-refractivity contribution in [2.45, 2.75) is 19.0 Å². The van der Waals surface area contributed by atoms with E-state index in [2.05, 4.69) is 20.9 Å². The van der Waals surface area contributed by atoms with E-state index in [1.807, 2.05) is 0 Å². The van der Waals surface area contributed by atoms with Crippen molar-refractivity contribution < 1.29 is 4.79 Å². The number of carbonyl (C=O) groups excluding carboxylic acids is 1. The first-order chi connectivity index (χ1) is 6.84. The number of nitrogens with one attached hydrogen (secondary N) is 2. The maximum absolute atomic E-state index is 11.4. The fourth-order valence-corrected chi connectivity index (χ4v) is 1.52. The van der Waals surface area contributed by atoms with Gasteiger partial charge >= 0.3 is 0 Å². The van der Waals surface area contributed by atoms with E-state index in [1.54, 1.807) is 12.4 Å². The number of nitrogens with zero attached hydrogens (tertiary/aromatic N) is 3. The molecular formula is C8H13N5O. The Hall–Kier alpha value is -1.43. The lowest BCUT2D eigenvalue weighted by Crippen LogP contribution is -2.38. The summed E-state index contributed by atoms with van der Waals surface area (Å²) < 4.78 is 1.51. The molecule has 6 heteroatoms. The molecule has 0 radical (unpaired) electrons. The maximum Gasteiger partial charge on any atom is 0.242 e. The molecule has 2 rings (SSSR count). The van der Waals surface area contributed by atoms with E-state index < -0.39 is 0 Å². The van der Waals surface area contributed by atoms with Crippen LogP contribution in [0, 0.1) is 0 Å². The van der Waals surface area contributed by atoms with E-state index in [0.717, 1.165) is 19.5 Å². The number of aromatic nitrogens is 3.